The van der Waals surface area contributed by atoms with Crippen molar-refractivity contribution in [3.63, 3.8) is 0 Å². The van der Waals surface area contributed by atoms with Crippen LogP contribution in [0.1, 0.15) is 45.6 Å². The Morgan fingerprint density at radius 1 is 1.22 bits per heavy atom. The average molecular weight is 405 g/mol. The summed E-state index contributed by atoms with van der Waals surface area (Å²) in [6.07, 6.45) is 3.54. The van der Waals surface area contributed by atoms with Gasteiger partial charge in [-0.2, -0.15) is 0 Å². The van der Waals surface area contributed by atoms with Gasteiger partial charge in [0.25, 0.3) is 0 Å². The molecule has 1 fully saturated rings. The van der Waals surface area contributed by atoms with Gasteiger partial charge in [-0.15, -0.1) is 10.2 Å². The summed E-state index contributed by atoms with van der Waals surface area (Å²) in [6, 6.07) is 8.44. The number of amides is 1. The molecule has 1 aliphatic carbocycles. The first kappa shape index (κ1) is 20.1. The molecule has 7 heteroatoms. The molecule has 1 heterocycles. The number of hydrogen-bond donors (Lipinski definition) is 2. The molecule has 1 amide bonds. The Morgan fingerprint density at radius 3 is 2.70 bits per heavy atom. The van der Waals surface area contributed by atoms with E-state index >= 15 is 0 Å². The maximum absolute atomic E-state index is 12.6. The molecule has 27 heavy (non-hydrogen) atoms. The van der Waals surface area contributed by atoms with Gasteiger partial charge in [-0.1, -0.05) is 67.5 Å². The third-order valence-corrected chi connectivity index (χ3v) is 7.41. The molecular formula is C20H28N4OS2. The van der Waals surface area contributed by atoms with Gasteiger partial charge in [0.15, 0.2) is 4.34 Å². The molecule has 0 bridgehead atoms. The van der Waals surface area contributed by atoms with Crippen LogP contribution in [-0.2, 0) is 4.79 Å². The Balaban J connectivity index is 1.53. The molecule has 5 nitrogen and oxygen atoms in total. The lowest BCUT2D eigenvalue weighted by Gasteiger charge is -2.35. The first-order chi connectivity index (χ1) is 12.9. The zero-order valence-electron chi connectivity index (χ0n) is 16.4. The summed E-state index contributed by atoms with van der Waals surface area (Å²) in [6.45, 7) is 8.53. The van der Waals surface area contributed by atoms with E-state index in [0.29, 0.717) is 11.8 Å². The number of hydrogen-bond acceptors (Lipinski definition) is 6. The van der Waals surface area contributed by atoms with Crippen LogP contribution in [-0.4, -0.2) is 27.4 Å². The number of carbonyl (C=O) groups is 1. The van der Waals surface area contributed by atoms with Gasteiger partial charge in [0, 0.05) is 11.7 Å². The van der Waals surface area contributed by atoms with E-state index in [2.05, 4.69) is 53.7 Å². The monoisotopic (exact) mass is 404 g/mol. The van der Waals surface area contributed by atoms with E-state index in [1.165, 1.54) is 41.5 Å². The summed E-state index contributed by atoms with van der Waals surface area (Å²) >= 11 is 2.94. The Kier molecular flexibility index (Phi) is 6.76. The topological polar surface area (TPSA) is 66.9 Å². The molecule has 1 aromatic carbocycles. The van der Waals surface area contributed by atoms with Crippen molar-refractivity contribution in [3.05, 3.63) is 29.8 Å². The SMILES string of the molecule is Cc1ccc(Nc2nnc(S[C@@H](C)C(=O)N[C@H]3CCC[C@@H](C)[C@@H]3C)s2)cc1. The van der Waals surface area contributed by atoms with Gasteiger partial charge in [0.2, 0.25) is 11.0 Å². The highest BCUT2D eigenvalue weighted by atomic mass is 32.2. The van der Waals surface area contributed by atoms with E-state index in [9.17, 15) is 4.79 Å². The molecule has 0 aliphatic heterocycles. The van der Waals surface area contributed by atoms with Crippen molar-refractivity contribution in [1.29, 1.82) is 0 Å². The van der Waals surface area contributed by atoms with Crippen LogP contribution >= 0.6 is 23.1 Å². The molecule has 0 saturated heterocycles. The molecule has 1 saturated carbocycles. The molecule has 4 atom stereocenters. The second-order valence-electron chi connectivity index (χ2n) is 7.51. The molecule has 1 aliphatic rings. The van der Waals surface area contributed by atoms with Crippen molar-refractivity contribution >= 4 is 39.8 Å². The predicted molar refractivity (Wildman–Crippen MR) is 114 cm³/mol. The fourth-order valence-corrected chi connectivity index (χ4v) is 5.28. The number of anilines is 2. The van der Waals surface area contributed by atoms with Crippen molar-refractivity contribution in [2.24, 2.45) is 11.8 Å². The van der Waals surface area contributed by atoms with Crippen LogP contribution in [0.5, 0.6) is 0 Å². The van der Waals surface area contributed by atoms with Crippen LogP contribution in [0.2, 0.25) is 0 Å². The molecular weight excluding hydrogens is 376 g/mol. The van der Waals surface area contributed by atoms with Crippen molar-refractivity contribution in [1.82, 2.24) is 15.5 Å². The first-order valence-corrected chi connectivity index (χ1v) is 11.3. The number of rotatable bonds is 6. The predicted octanol–water partition coefficient (Wildman–Crippen LogP) is 5.01. The van der Waals surface area contributed by atoms with Crippen LogP contribution in [0.15, 0.2) is 28.6 Å². The van der Waals surface area contributed by atoms with Gasteiger partial charge < -0.3 is 10.6 Å². The molecule has 2 aromatic rings. The van der Waals surface area contributed by atoms with Gasteiger partial charge in [-0.25, -0.2) is 0 Å². The van der Waals surface area contributed by atoms with Crippen LogP contribution in [0.4, 0.5) is 10.8 Å². The van der Waals surface area contributed by atoms with Crippen LogP contribution in [0.3, 0.4) is 0 Å². The molecule has 3 rings (SSSR count). The van der Waals surface area contributed by atoms with E-state index in [4.69, 9.17) is 0 Å². The molecule has 146 valence electrons. The average Bonchev–Trinajstić information content (AvgIpc) is 3.07. The lowest BCUT2D eigenvalue weighted by atomic mass is 9.78. The highest BCUT2D eigenvalue weighted by Gasteiger charge is 2.29. The number of aromatic nitrogens is 2. The minimum absolute atomic E-state index is 0.0918. The molecule has 0 radical (unpaired) electrons. The standard InChI is InChI=1S/C20H28N4OS2/c1-12-8-10-16(11-9-12)21-19-23-24-20(27-19)26-15(4)18(25)22-17-7-5-6-13(2)14(17)3/h8-11,13-15,17H,5-7H2,1-4H3,(H,21,23)(H,22,25)/t13-,14+,15+,17+/m1/s1. The normalized spacial score (nSPS) is 23.6. The largest absolute Gasteiger partial charge is 0.352 e. The lowest BCUT2D eigenvalue weighted by Crippen LogP contribution is -2.46. The summed E-state index contributed by atoms with van der Waals surface area (Å²) in [4.78, 5) is 12.6. The molecule has 0 spiro atoms. The second-order valence-corrected chi connectivity index (χ2v) is 10.1. The summed E-state index contributed by atoms with van der Waals surface area (Å²) in [7, 11) is 0. The van der Waals surface area contributed by atoms with E-state index in [1.54, 1.807) is 0 Å². The summed E-state index contributed by atoms with van der Waals surface area (Å²) < 4.78 is 0.803. The highest BCUT2D eigenvalue weighted by molar-refractivity contribution is 8.02. The number of nitrogens with zero attached hydrogens (tertiary/aromatic N) is 2. The first-order valence-electron chi connectivity index (χ1n) is 9.56. The lowest BCUT2D eigenvalue weighted by molar-refractivity contribution is -0.121. The van der Waals surface area contributed by atoms with Crippen molar-refractivity contribution < 1.29 is 4.79 Å². The van der Waals surface area contributed by atoms with E-state index in [-0.39, 0.29) is 17.2 Å². The quantitative estimate of drug-likeness (QED) is 0.662. The Hall–Kier alpha value is -1.60. The zero-order valence-corrected chi connectivity index (χ0v) is 18.0. The maximum atomic E-state index is 12.6. The third kappa shape index (κ3) is 5.45. The van der Waals surface area contributed by atoms with Crippen LogP contribution < -0.4 is 10.6 Å². The fourth-order valence-electron chi connectivity index (χ4n) is 3.36. The Labute approximate surface area is 169 Å². The molecule has 1 aromatic heterocycles. The van der Waals surface area contributed by atoms with E-state index in [0.717, 1.165) is 21.6 Å². The third-order valence-electron chi connectivity index (χ3n) is 5.39. The number of aryl methyl sites for hydroxylation is 1. The fraction of sp³-hybridized carbons (Fsp3) is 0.550. The Morgan fingerprint density at radius 2 is 1.96 bits per heavy atom. The smallest absolute Gasteiger partial charge is 0.233 e. The maximum Gasteiger partial charge on any atom is 0.233 e. The van der Waals surface area contributed by atoms with Gasteiger partial charge in [-0.05, 0) is 44.2 Å². The minimum Gasteiger partial charge on any atom is -0.352 e. The van der Waals surface area contributed by atoms with Crippen LogP contribution in [0.25, 0.3) is 0 Å². The van der Waals surface area contributed by atoms with Gasteiger partial charge >= 0.3 is 0 Å². The number of benzene rings is 1. The van der Waals surface area contributed by atoms with Crippen molar-refractivity contribution in [3.8, 4) is 0 Å². The van der Waals surface area contributed by atoms with E-state index < -0.39 is 0 Å². The zero-order chi connectivity index (χ0) is 19.4. The van der Waals surface area contributed by atoms with Crippen LogP contribution in [0, 0.1) is 18.8 Å². The summed E-state index contributed by atoms with van der Waals surface area (Å²) in [5.41, 5.74) is 2.20. The summed E-state index contributed by atoms with van der Waals surface area (Å²) in [5.74, 6) is 1.30. The van der Waals surface area contributed by atoms with Gasteiger partial charge in [0.1, 0.15) is 0 Å². The van der Waals surface area contributed by atoms with Gasteiger partial charge in [0.05, 0.1) is 5.25 Å². The highest BCUT2D eigenvalue weighted by Crippen LogP contribution is 2.32. The second kappa shape index (κ2) is 9.06. The Bertz CT molecular complexity index is 762. The van der Waals surface area contributed by atoms with E-state index in [1.807, 2.05) is 19.1 Å². The van der Waals surface area contributed by atoms with Gasteiger partial charge in [-0.3, -0.25) is 4.79 Å². The summed E-state index contributed by atoms with van der Waals surface area (Å²) in [5, 5.41) is 15.5. The number of thioether (sulfide) groups is 1. The number of nitrogens with one attached hydrogen (secondary N) is 2. The molecule has 2 N–H and O–H groups in total. The van der Waals surface area contributed by atoms with Crippen molar-refractivity contribution in [2.45, 2.75) is 62.6 Å². The molecule has 0 unspecified atom stereocenters. The number of carbonyl (C=O) groups excluding carboxylic acids is 1. The minimum atomic E-state index is -0.186. The van der Waals surface area contributed by atoms with Crippen molar-refractivity contribution in [2.75, 3.05) is 5.32 Å².